The highest BCUT2D eigenvalue weighted by Crippen LogP contribution is 2.28. The van der Waals surface area contributed by atoms with Crippen molar-refractivity contribution in [1.29, 1.82) is 0 Å². The second-order valence-electron chi connectivity index (χ2n) is 6.30. The van der Waals surface area contributed by atoms with Crippen LogP contribution in [0.3, 0.4) is 0 Å². The molecule has 1 aliphatic rings. The summed E-state index contributed by atoms with van der Waals surface area (Å²) in [5.74, 6) is -0.901. The van der Waals surface area contributed by atoms with Gasteiger partial charge in [-0.15, -0.1) is 10.2 Å². The molecule has 0 spiro atoms. The van der Waals surface area contributed by atoms with Gasteiger partial charge in [0, 0.05) is 12.2 Å². The van der Waals surface area contributed by atoms with Crippen LogP contribution in [0.15, 0.2) is 30.9 Å². The quantitative estimate of drug-likeness (QED) is 0.851. The summed E-state index contributed by atoms with van der Waals surface area (Å²) in [5.41, 5.74) is 1.15. The molecule has 1 heterocycles. The minimum atomic E-state index is -0.722. The molecule has 132 valence electrons. The fourth-order valence-electron chi connectivity index (χ4n) is 3.13. The maximum absolute atomic E-state index is 12.5. The zero-order chi connectivity index (χ0) is 17.8. The number of benzene rings is 1. The summed E-state index contributed by atoms with van der Waals surface area (Å²) in [6.45, 7) is 0.526. The molecule has 0 atom stereocenters. The molecule has 1 amide bonds. The first-order valence-electron chi connectivity index (χ1n) is 8.20. The maximum atomic E-state index is 12.5. The minimum absolute atomic E-state index is 0.236. The summed E-state index contributed by atoms with van der Waals surface area (Å²) >= 11 is 6.16. The van der Waals surface area contributed by atoms with Gasteiger partial charge in [0.25, 0.3) is 5.91 Å². The molecule has 2 aromatic rings. The van der Waals surface area contributed by atoms with Crippen molar-refractivity contribution >= 4 is 23.5 Å². The zero-order valence-corrected chi connectivity index (χ0v) is 14.3. The Kier molecular flexibility index (Phi) is 5.33. The highest BCUT2D eigenvalue weighted by atomic mass is 35.5. The van der Waals surface area contributed by atoms with Crippen molar-refractivity contribution < 1.29 is 14.7 Å². The highest BCUT2D eigenvalue weighted by molar-refractivity contribution is 6.33. The number of carboxylic acids is 1. The third-order valence-electron chi connectivity index (χ3n) is 4.66. The lowest BCUT2D eigenvalue weighted by Crippen LogP contribution is -2.32. The van der Waals surface area contributed by atoms with Gasteiger partial charge in [0.1, 0.15) is 12.7 Å². The number of nitrogens with one attached hydrogen (secondary N) is 1. The van der Waals surface area contributed by atoms with Gasteiger partial charge in [0.15, 0.2) is 0 Å². The molecule has 2 N–H and O–H groups in total. The number of carbonyl (C=O) groups is 2. The van der Waals surface area contributed by atoms with Crippen LogP contribution in [-0.2, 0) is 4.79 Å². The van der Waals surface area contributed by atoms with Crippen molar-refractivity contribution in [3.05, 3.63) is 41.4 Å². The summed E-state index contributed by atoms with van der Waals surface area (Å²) in [5, 5.41) is 19.8. The predicted octanol–water partition coefficient (Wildman–Crippen LogP) is 2.54. The number of hydrogen-bond donors (Lipinski definition) is 2. The van der Waals surface area contributed by atoms with Gasteiger partial charge in [-0.25, -0.2) is 0 Å². The second kappa shape index (κ2) is 7.65. The van der Waals surface area contributed by atoms with E-state index in [0.717, 1.165) is 18.5 Å². The standard InChI is InChI=1S/C17H19ClN4O3/c18-15-6-5-13(22-9-20-21-10-22)7-14(15)16(23)19-8-11-1-3-12(4-2-11)17(24)25/h5-7,9-12H,1-4,8H2,(H,19,23)(H,24,25). The lowest BCUT2D eigenvalue weighted by molar-refractivity contribution is -0.143. The van der Waals surface area contributed by atoms with Gasteiger partial charge in [0.05, 0.1) is 16.5 Å². The molecule has 1 aliphatic carbocycles. The van der Waals surface area contributed by atoms with E-state index in [0.29, 0.717) is 35.9 Å². The van der Waals surface area contributed by atoms with Gasteiger partial charge in [-0.2, -0.15) is 0 Å². The Hall–Kier alpha value is -2.41. The number of carbonyl (C=O) groups excluding carboxylic acids is 1. The van der Waals surface area contributed by atoms with Crippen molar-refractivity contribution in [2.24, 2.45) is 11.8 Å². The van der Waals surface area contributed by atoms with Crippen LogP contribution in [0.25, 0.3) is 5.69 Å². The summed E-state index contributed by atoms with van der Waals surface area (Å²) < 4.78 is 1.69. The molecular weight excluding hydrogens is 344 g/mol. The number of halogens is 1. The molecule has 0 aliphatic heterocycles. The van der Waals surface area contributed by atoms with Crippen LogP contribution in [-0.4, -0.2) is 38.3 Å². The van der Waals surface area contributed by atoms with Crippen molar-refractivity contribution in [3.63, 3.8) is 0 Å². The van der Waals surface area contributed by atoms with Gasteiger partial charge < -0.3 is 10.4 Å². The number of carboxylic acid groups (broad SMARTS) is 1. The fraction of sp³-hybridized carbons (Fsp3) is 0.412. The maximum Gasteiger partial charge on any atom is 0.306 e. The Morgan fingerprint density at radius 3 is 2.52 bits per heavy atom. The first kappa shape index (κ1) is 17.4. The topological polar surface area (TPSA) is 97.1 Å². The number of amides is 1. The van der Waals surface area contributed by atoms with Crippen LogP contribution < -0.4 is 5.32 Å². The normalized spacial score (nSPS) is 20.2. The molecule has 3 rings (SSSR count). The number of aromatic nitrogens is 3. The highest BCUT2D eigenvalue weighted by Gasteiger charge is 2.26. The lowest BCUT2D eigenvalue weighted by atomic mass is 9.82. The largest absolute Gasteiger partial charge is 0.481 e. The van der Waals surface area contributed by atoms with Crippen LogP contribution in [0.5, 0.6) is 0 Å². The molecular formula is C17H19ClN4O3. The Bertz CT molecular complexity index is 755. The van der Waals surface area contributed by atoms with Gasteiger partial charge in [0.2, 0.25) is 0 Å². The lowest BCUT2D eigenvalue weighted by Gasteiger charge is -2.26. The predicted molar refractivity (Wildman–Crippen MR) is 91.8 cm³/mol. The SMILES string of the molecule is O=C(NCC1CCC(C(=O)O)CC1)c1cc(-n2cnnc2)ccc1Cl. The molecule has 25 heavy (non-hydrogen) atoms. The Morgan fingerprint density at radius 1 is 1.20 bits per heavy atom. The Balaban J connectivity index is 1.60. The van der Waals surface area contributed by atoms with E-state index < -0.39 is 5.97 Å². The zero-order valence-electron chi connectivity index (χ0n) is 13.6. The van der Waals surface area contributed by atoms with Crippen molar-refractivity contribution in [1.82, 2.24) is 20.1 Å². The van der Waals surface area contributed by atoms with E-state index in [-0.39, 0.29) is 11.8 Å². The van der Waals surface area contributed by atoms with Crippen LogP contribution >= 0.6 is 11.6 Å². The summed E-state index contributed by atoms with van der Waals surface area (Å²) in [6.07, 6.45) is 6.05. The number of hydrogen-bond acceptors (Lipinski definition) is 4. The minimum Gasteiger partial charge on any atom is -0.481 e. The molecule has 1 saturated carbocycles. The van der Waals surface area contributed by atoms with Crippen molar-refractivity contribution in [2.75, 3.05) is 6.54 Å². The van der Waals surface area contributed by atoms with Gasteiger partial charge in [-0.3, -0.25) is 14.2 Å². The molecule has 1 aromatic carbocycles. The first-order chi connectivity index (χ1) is 12.0. The second-order valence-corrected chi connectivity index (χ2v) is 6.71. The van der Waals surface area contributed by atoms with E-state index in [1.807, 2.05) is 0 Å². The number of rotatable bonds is 5. The number of aliphatic carboxylic acids is 1. The Labute approximate surface area is 150 Å². The van der Waals surface area contributed by atoms with E-state index in [1.165, 1.54) is 0 Å². The van der Waals surface area contributed by atoms with Gasteiger partial charge >= 0.3 is 5.97 Å². The van der Waals surface area contributed by atoms with Crippen molar-refractivity contribution in [3.8, 4) is 5.69 Å². The summed E-state index contributed by atoms with van der Waals surface area (Å²) in [7, 11) is 0. The van der Waals surface area contributed by atoms with E-state index in [4.69, 9.17) is 16.7 Å². The first-order valence-corrected chi connectivity index (χ1v) is 8.58. The van der Waals surface area contributed by atoms with E-state index in [9.17, 15) is 9.59 Å². The van der Waals surface area contributed by atoms with Crippen LogP contribution in [0.2, 0.25) is 5.02 Å². The molecule has 0 radical (unpaired) electrons. The fourth-order valence-corrected chi connectivity index (χ4v) is 3.33. The van der Waals surface area contributed by atoms with E-state index in [2.05, 4.69) is 15.5 Å². The molecule has 0 saturated heterocycles. The third kappa shape index (κ3) is 4.17. The average molecular weight is 363 g/mol. The molecule has 8 heteroatoms. The van der Waals surface area contributed by atoms with Crippen LogP contribution in [0, 0.1) is 11.8 Å². The molecule has 1 aromatic heterocycles. The molecule has 0 bridgehead atoms. The molecule has 7 nitrogen and oxygen atoms in total. The van der Waals surface area contributed by atoms with E-state index >= 15 is 0 Å². The van der Waals surface area contributed by atoms with Gasteiger partial charge in [-0.1, -0.05) is 11.6 Å². The smallest absolute Gasteiger partial charge is 0.306 e. The summed E-state index contributed by atoms with van der Waals surface area (Å²) in [6, 6.07) is 5.15. The van der Waals surface area contributed by atoms with Crippen LogP contribution in [0.4, 0.5) is 0 Å². The number of nitrogens with zero attached hydrogens (tertiary/aromatic N) is 3. The van der Waals surface area contributed by atoms with Crippen LogP contribution in [0.1, 0.15) is 36.0 Å². The average Bonchev–Trinajstić information content (AvgIpc) is 3.15. The van der Waals surface area contributed by atoms with Gasteiger partial charge in [-0.05, 0) is 49.8 Å². The molecule has 1 fully saturated rings. The third-order valence-corrected chi connectivity index (χ3v) is 4.99. The summed E-state index contributed by atoms with van der Waals surface area (Å²) in [4.78, 5) is 23.5. The monoisotopic (exact) mass is 362 g/mol. The van der Waals surface area contributed by atoms with E-state index in [1.54, 1.807) is 35.4 Å². The Morgan fingerprint density at radius 2 is 1.88 bits per heavy atom. The van der Waals surface area contributed by atoms with Crippen molar-refractivity contribution in [2.45, 2.75) is 25.7 Å². The molecule has 0 unspecified atom stereocenters.